The largest absolute Gasteiger partial charge is 0.426 e. The van der Waals surface area contributed by atoms with Gasteiger partial charge in [-0.2, -0.15) is 13.2 Å². The van der Waals surface area contributed by atoms with Gasteiger partial charge in [0.2, 0.25) is 0 Å². The third kappa shape index (κ3) is 3.87. The first-order valence-electron chi connectivity index (χ1n) is 7.97. The first-order valence-corrected chi connectivity index (χ1v) is 8.79. The minimum Gasteiger partial charge on any atom is -0.296 e. The van der Waals surface area contributed by atoms with E-state index in [2.05, 4.69) is 0 Å². The van der Waals surface area contributed by atoms with Gasteiger partial charge in [-0.15, -0.1) is 11.3 Å². The predicted molar refractivity (Wildman–Crippen MR) is 89.4 cm³/mol. The highest BCUT2D eigenvalue weighted by Gasteiger charge is 2.37. The van der Waals surface area contributed by atoms with Crippen molar-refractivity contribution in [3.8, 4) is 11.1 Å². The zero-order valence-electron chi connectivity index (χ0n) is 13.1. The number of hydrogen-bond donors (Lipinski definition) is 0. The van der Waals surface area contributed by atoms with Gasteiger partial charge in [-0.3, -0.25) is 9.69 Å². The standard InChI is InChI=1S/C18H18F3NOS/c19-18(20,21)17-14(13-7-3-1-4-8-13)11-16(24-17)15(23)12-22-9-5-2-6-10-22/h1,3-4,7-8,11H,2,5-6,9-10,12H2. The van der Waals surface area contributed by atoms with Crippen LogP contribution in [0.4, 0.5) is 13.2 Å². The molecule has 0 N–H and O–H groups in total. The Kier molecular flexibility index (Phi) is 5.06. The van der Waals surface area contributed by atoms with Gasteiger partial charge in [0, 0.05) is 5.56 Å². The minimum atomic E-state index is -4.46. The molecule has 1 aromatic carbocycles. The van der Waals surface area contributed by atoms with Crippen LogP contribution < -0.4 is 0 Å². The Morgan fingerprint density at radius 2 is 1.75 bits per heavy atom. The molecule has 2 heterocycles. The SMILES string of the molecule is O=C(CN1CCCCC1)c1cc(-c2ccccc2)c(C(F)(F)F)s1. The first-order chi connectivity index (χ1) is 11.4. The molecule has 0 radical (unpaired) electrons. The van der Waals surface area contributed by atoms with E-state index < -0.39 is 11.1 Å². The van der Waals surface area contributed by atoms with Crippen LogP contribution in [0.3, 0.4) is 0 Å². The summed E-state index contributed by atoms with van der Waals surface area (Å²) in [4.78, 5) is 14.0. The molecule has 0 saturated carbocycles. The van der Waals surface area contributed by atoms with Gasteiger partial charge in [-0.05, 0) is 37.6 Å². The number of benzene rings is 1. The molecule has 3 rings (SSSR count). The van der Waals surface area contributed by atoms with Crippen LogP contribution in [-0.2, 0) is 6.18 Å². The summed E-state index contributed by atoms with van der Waals surface area (Å²) in [5, 5.41) is 0. The van der Waals surface area contributed by atoms with Gasteiger partial charge in [0.05, 0.1) is 11.4 Å². The van der Waals surface area contributed by atoms with Crippen molar-refractivity contribution in [2.24, 2.45) is 0 Å². The summed E-state index contributed by atoms with van der Waals surface area (Å²) in [5.74, 6) is -0.227. The number of hydrogen-bond acceptors (Lipinski definition) is 3. The number of carbonyl (C=O) groups is 1. The summed E-state index contributed by atoms with van der Waals surface area (Å²) in [6, 6.07) is 9.82. The van der Waals surface area contributed by atoms with Crippen LogP contribution in [0.15, 0.2) is 36.4 Å². The average Bonchev–Trinajstić information content (AvgIpc) is 3.02. The highest BCUT2D eigenvalue weighted by Crippen LogP contribution is 2.42. The zero-order valence-corrected chi connectivity index (χ0v) is 13.9. The summed E-state index contributed by atoms with van der Waals surface area (Å²) >= 11 is 0.557. The molecule has 0 unspecified atom stereocenters. The van der Waals surface area contributed by atoms with Gasteiger partial charge in [-0.25, -0.2) is 0 Å². The number of Topliss-reactive ketones (excluding diaryl/α,β-unsaturated/α-hetero) is 1. The number of halogens is 3. The van der Waals surface area contributed by atoms with Crippen LogP contribution in [0.5, 0.6) is 0 Å². The Hall–Kier alpha value is -1.66. The van der Waals surface area contributed by atoms with E-state index in [0.717, 1.165) is 32.4 Å². The Balaban J connectivity index is 1.89. The van der Waals surface area contributed by atoms with Gasteiger partial charge >= 0.3 is 6.18 Å². The van der Waals surface area contributed by atoms with Crippen LogP contribution in [-0.4, -0.2) is 30.3 Å². The second kappa shape index (κ2) is 7.07. The summed E-state index contributed by atoms with van der Waals surface area (Å²) in [6.45, 7) is 1.88. The Bertz CT molecular complexity index is 703. The van der Waals surface area contributed by atoms with Gasteiger partial charge < -0.3 is 0 Å². The van der Waals surface area contributed by atoms with Crippen molar-refractivity contribution in [1.82, 2.24) is 4.90 Å². The highest BCUT2D eigenvalue weighted by atomic mass is 32.1. The molecule has 128 valence electrons. The predicted octanol–water partition coefficient (Wildman–Crippen LogP) is 5.10. The monoisotopic (exact) mass is 353 g/mol. The lowest BCUT2D eigenvalue weighted by Gasteiger charge is -2.25. The molecule has 2 nitrogen and oxygen atoms in total. The molecule has 1 aromatic heterocycles. The maximum atomic E-state index is 13.4. The maximum Gasteiger partial charge on any atom is 0.426 e. The number of rotatable bonds is 4. The van der Waals surface area contributed by atoms with Crippen molar-refractivity contribution in [3.63, 3.8) is 0 Å². The average molecular weight is 353 g/mol. The maximum absolute atomic E-state index is 13.4. The van der Waals surface area contributed by atoms with E-state index >= 15 is 0 Å². The molecule has 0 aliphatic carbocycles. The fourth-order valence-corrected chi connectivity index (χ4v) is 3.95. The normalized spacial score (nSPS) is 16.3. The number of piperidine rings is 1. The third-order valence-electron chi connectivity index (χ3n) is 4.17. The topological polar surface area (TPSA) is 20.3 Å². The number of likely N-dealkylation sites (tertiary alicyclic amines) is 1. The second-order valence-corrected chi connectivity index (χ2v) is 7.03. The van der Waals surface area contributed by atoms with Gasteiger partial charge in [0.1, 0.15) is 4.88 Å². The highest BCUT2D eigenvalue weighted by molar-refractivity contribution is 7.14. The zero-order chi connectivity index (χ0) is 17.2. The van der Waals surface area contributed by atoms with Gasteiger partial charge in [-0.1, -0.05) is 36.8 Å². The molecule has 0 spiro atoms. The van der Waals surface area contributed by atoms with Crippen LogP contribution in [0.2, 0.25) is 0 Å². The van der Waals surface area contributed by atoms with Crippen molar-refractivity contribution in [2.75, 3.05) is 19.6 Å². The van der Waals surface area contributed by atoms with Crippen molar-refractivity contribution in [2.45, 2.75) is 25.4 Å². The third-order valence-corrected chi connectivity index (χ3v) is 5.39. The van der Waals surface area contributed by atoms with Crippen molar-refractivity contribution in [3.05, 3.63) is 46.2 Å². The molecule has 0 amide bonds. The van der Waals surface area contributed by atoms with Crippen LogP contribution in [0.25, 0.3) is 11.1 Å². The molecule has 1 fully saturated rings. The fraction of sp³-hybridized carbons (Fsp3) is 0.389. The number of nitrogens with zero attached hydrogens (tertiary/aromatic N) is 1. The van der Waals surface area contributed by atoms with Crippen LogP contribution in [0.1, 0.15) is 33.8 Å². The first kappa shape index (κ1) is 17.2. The Morgan fingerprint density at radius 1 is 1.08 bits per heavy atom. The summed E-state index contributed by atoms with van der Waals surface area (Å²) in [5.41, 5.74) is 0.577. The fourth-order valence-electron chi connectivity index (χ4n) is 2.97. The number of alkyl halides is 3. The second-order valence-electron chi connectivity index (χ2n) is 5.98. The summed E-state index contributed by atoms with van der Waals surface area (Å²) in [6.07, 6.45) is -1.22. The minimum absolute atomic E-state index is 0.0927. The van der Waals surface area contributed by atoms with Crippen LogP contribution >= 0.6 is 11.3 Å². The van der Waals surface area contributed by atoms with Crippen molar-refractivity contribution < 1.29 is 18.0 Å². The molecule has 1 aliphatic rings. The van der Waals surface area contributed by atoms with E-state index in [0.29, 0.717) is 16.9 Å². The summed E-state index contributed by atoms with van der Waals surface area (Å²) < 4.78 is 40.1. The van der Waals surface area contributed by atoms with E-state index in [9.17, 15) is 18.0 Å². The molecule has 6 heteroatoms. The van der Waals surface area contributed by atoms with E-state index in [1.165, 1.54) is 6.07 Å². The van der Waals surface area contributed by atoms with Gasteiger partial charge in [0.15, 0.2) is 5.78 Å². The molecule has 1 saturated heterocycles. The molecular formula is C18H18F3NOS. The summed E-state index contributed by atoms with van der Waals surface area (Å²) in [7, 11) is 0. The quantitative estimate of drug-likeness (QED) is 0.713. The van der Waals surface area contributed by atoms with Crippen molar-refractivity contribution in [1.29, 1.82) is 0 Å². The smallest absolute Gasteiger partial charge is 0.296 e. The van der Waals surface area contributed by atoms with E-state index in [-0.39, 0.29) is 22.8 Å². The van der Waals surface area contributed by atoms with E-state index in [4.69, 9.17) is 0 Å². The Labute approximate surface area is 142 Å². The lowest BCUT2D eigenvalue weighted by molar-refractivity contribution is -0.133. The molecule has 0 bridgehead atoms. The van der Waals surface area contributed by atoms with E-state index in [1.807, 2.05) is 4.90 Å². The lowest BCUT2D eigenvalue weighted by atomic mass is 10.1. The molecule has 2 aromatic rings. The lowest BCUT2D eigenvalue weighted by Crippen LogP contribution is -2.34. The van der Waals surface area contributed by atoms with Crippen molar-refractivity contribution >= 4 is 17.1 Å². The molecule has 24 heavy (non-hydrogen) atoms. The molecule has 1 aliphatic heterocycles. The van der Waals surface area contributed by atoms with Gasteiger partial charge in [0.25, 0.3) is 0 Å². The number of thiophene rings is 1. The Morgan fingerprint density at radius 3 is 2.38 bits per heavy atom. The molecule has 0 atom stereocenters. The number of ketones is 1. The molecular weight excluding hydrogens is 335 g/mol. The van der Waals surface area contributed by atoms with E-state index in [1.54, 1.807) is 30.3 Å². The number of carbonyl (C=O) groups excluding carboxylic acids is 1. The van der Waals surface area contributed by atoms with Crippen LogP contribution in [0, 0.1) is 0 Å².